The van der Waals surface area contributed by atoms with Crippen LogP contribution in [-0.4, -0.2) is 18.7 Å². The second kappa shape index (κ2) is 5.42. The molecule has 0 saturated heterocycles. The molecular weight excluding hydrogens is 237 g/mol. The second-order valence-electron chi connectivity index (χ2n) is 3.03. The van der Waals surface area contributed by atoms with Gasteiger partial charge in [-0.25, -0.2) is 0 Å². The molecule has 0 fully saturated rings. The predicted octanol–water partition coefficient (Wildman–Crippen LogP) is 2.09. The Morgan fingerprint density at radius 2 is 1.88 bits per heavy atom. The summed E-state index contributed by atoms with van der Waals surface area (Å²) in [6.07, 6.45) is -4.90. The van der Waals surface area contributed by atoms with Crippen LogP contribution in [0.2, 0.25) is 0 Å². The second-order valence-corrected chi connectivity index (χ2v) is 3.03. The lowest BCUT2D eigenvalue weighted by Gasteiger charge is -2.10. The number of carbonyl (C=O) groups excluding carboxylic acids is 1. The monoisotopic (exact) mass is 248 g/mol. The lowest BCUT2D eigenvalue weighted by Crippen LogP contribution is -2.40. The largest absolute Gasteiger partial charge is 0.494 e. The van der Waals surface area contributed by atoms with Gasteiger partial charge < -0.3 is 4.74 Å². The van der Waals surface area contributed by atoms with Crippen LogP contribution < -0.4 is 15.6 Å². The van der Waals surface area contributed by atoms with Crippen molar-refractivity contribution in [3.8, 4) is 5.75 Å². The van der Waals surface area contributed by atoms with Crippen molar-refractivity contribution in [2.75, 3.05) is 12.0 Å². The summed E-state index contributed by atoms with van der Waals surface area (Å²) in [5, 5.41) is 0. The lowest BCUT2D eigenvalue weighted by atomic mass is 10.3. The highest BCUT2D eigenvalue weighted by Gasteiger charge is 2.38. The molecule has 0 heterocycles. The average Bonchev–Trinajstić information content (AvgIpc) is 2.27. The van der Waals surface area contributed by atoms with Gasteiger partial charge in [-0.15, -0.1) is 0 Å². The molecule has 0 aliphatic heterocycles. The van der Waals surface area contributed by atoms with Crippen LogP contribution in [0.4, 0.5) is 18.9 Å². The Kier molecular flexibility index (Phi) is 4.19. The van der Waals surface area contributed by atoms with Gasteiger partial charge in [-0.1, -0.05) is 0 Å². The number of benzene rings is 1. The highest BCUT2D eigenvalue weighted by atomic mass is 19.4. The Morgan fingerprint density at radius 1 is 1.29 bits per heavy atom. The standard InChI is InChI=1S/C10H11F3N2O2/c1-2-17-8-5-3-7(4-6-8)14-15-9(16)10(11,12)13/h3-6,14H,2H2,1H3,(H,15,16). The molecule has 1 amide bonds. The number of ether oxygens (including phenoxy) is 1. The van der Waals surface area contributed by atoms with Crippen LogP contribution >= 0.6 is 0 Å². The third-order valence-corrected chi connectivity index (χ3v) is 1.74. The number of halogens is 3. The lowest BCUT2D eigenvalue weighted by molar-refractivity contribution is -0.173. The van der Waals surface area contributed by atoms with Crippen LogP contribution in [-0.2, 0) is 4.79 Å². The number of nitrogens with one attached hydrogen (secondary N) is 2. The van der Waals surface area contributed by atoms with Gasteiger partial charge in [0.2, 0.25) is 0 Å². The molecule has 1 aromatic rings. The Hall–Kier alpha value is -1.92. The number of amides is 1. The third-order valence-electron chi connectivity index (χ3n) is 1.74. The van der Waals surface area contributed by atoms with Crippen molar-refractivity contribution in [1.29, 1.82) is 0 Å². The van der Waals surface area contributed by atoms with E-state index in [4.69, 9.17) is 4.74 Å². The van der Waals surface area contributed by atoms with Gasteiger partial charge in [0.05, 0.1) is 12.3 Å². The molecule has 0 unspecified atom stereocenters. The quantitative estimate of drug-likeness (QED) is 0.802. The van der Waals surface area contributed by atoms with Crippen LogP contribution in [0.1, 0.15) is 6.92 Å². The maximum Gasteiger partial charge on any atom is 0.472 e. The first-order valence-corrected chi connectivity index (χ1v) is 4.79. The zero-order valence-electron chi connectivity index (χ0n) is 8.97. The van der Waals surface area contributed by atoms with E-state index in [1.54, 1.807) is 12.1 Å². The van der Waals surface area contributed by atoms with Gasteiger partial charge in [0.15, 0.2) is 0 Å². The molecule has 0 atom stereocenters. The minimum Gasteiger partial charge on any atom is -0.494 e. The van der Waals surface area contributed by atoms with Gasteiger partial charge in [-0.3, -0.25) is 15.6 Å². The summed E-state index contributed by atoms with van der Waals surface area (Å²) >= 11 is 0. The number of hydrogen-bond acceptors (Lipinski definition) is 3. The maximum absolute atomic E-state index is 11.8. The van der Waals surface area contributed by atoms with Crippen LogP contribution in [0.25, 0.3) is 0 Å². The highest BCUT2D eigenvalue weighted by molar-refractivity contribution is 5.82. The van der Waals surface area contributed by atoms with Crippen molar-refractivity contribution in [3.63, 3.8) is 0 Å². The molecule has 0 aliphatic rings. The van der Waals surface area contributed by atoms with E-state index < -0.39 is 12.1 Å². The first-order chi connectivity index (χ1) is 7.93. The van der Waals surface area contributed by atoms with Crippen LogP contribution in [0.5, 0.6) is 5.75 Å². The van der Waals surface area contributed by atoms with E-state index in [1.165, 1.54) is 17.6 Å². The number of hydrogen-bond donors (Lipinski definition) is 2. The van der Waals surface area contributed by atoms with E-state index in [0.29, 0.717) is 18.0 Å². The van der Waals surface area contributed by atoms with Crippen LogP contribution in [0, 0.1) is 0 Å². The summed E-state index contributed by atoms with van der Waals surface area (Å²) < 4.78 is 40.7. The number of anilines is 1. The van der Waals surface area contributed by atoms with Gasteiger partial charge in [-0.2, -0.15) is 13.2 Å². The van der Waals surface area contributed by atoms with Crippen molar-refractivity contribution in [3.05, 3.63) is 24.3 Å². The van der Waals surface area contributed by atoms with Gasteiger partial charge in [-0.05, 0) is 31.2 Å². The molecule has 0 aromatic heterocycles. The topological polar surface area (TPSA) is 50.4 Å². The molecular formula is C10H11F3N2O2. The molecule has 17 heavy (non-hydrogen) atoms. The Balaban J connectivity index is 2.50. The minimum atomic E-state index is -4.90. The summed E-state index contributed by atoms with van der Waals surface area (Å²) in [6, 6.07) is 6.13. The SMILES string of the molecule is CCOc1ccc(NNC(=O)C(F)(F)F)cc1. The van der Waals surface area contributed by atoms with Gasteiger partial charge in [0, 0.05) is 0 Å². The van der Waals surface area contributed by atoms with E-state index in [9.17, 15) is 18.0 Å². The Morgan fingerprint density at radius 3 is 2.35 bits per heavy atom. The fourth-order valence-electron chi connectivity index (χ4n) is 1.00. The molecule has 7 heteroatoms. The van der Waals surface area contributed by atoms with Crippen molar-refractivity contribution < 1.29 is 22.7 Å². The summed E-state index contributed by atoms with van der Waals surface area (Å²) in [5.41, 5.74) is 4.01. The van der Waals surface area contributed by atoms with Crippen molar-refractivity contribution >= 4 is 11.6 Å². The Labute approximate surface area is 95.7 Å². The molecule has 1 aromatic carbocycles. The molecule has 0 saturated carbocycles. The third kappa shape index (κ3) is 4.21. The molecule has 2 N–H and O–H groups in total. The number of alkyl halides is 3. The Bertz CT molecular complexity index is 376. The molecule has 4 nitrogen and oxygen atoms in total. The fourth-order valence-corrected chi connectivity index (χ4v) is 1.00. The average molecular weight is 248 g/mol. The van der Waals surface area contributed by atoms with E-state index in [2.05, 4.69) is 5.43 Å². The molecule has 1 rings (SSSR count). The summed E-state index contributed by atoms with van der Waals surface area (Å²) in [4.78, 5) is 10.5. The first kappa shape index (κ1) is 13.1. The van der Waals surface area contributed by atoms with E-state index in [1.807, 2.05) is 6.92 Å². The summed E-state index contributed by atoms with van der Waals surface area (Å²) in [7, 11) is 0. The molecule has 0 aliphatic carbocycles. The number of hydrazine groups is 1. The predicted molar refractivity (Wildman–Crippen MR) is 55.4 cm³/mol. The first-order valence-electron chi connectivity index (χ1n) is 4.79. The van der Waals surface area contributed by atoms with Crippen LogP contribution in [0.3, 0.4) is 0 Å². The molecule has 0 radical (unpaired) electrons. The number of carbonyl (C=O) groups is 1. The van der Waals surface area contributed by atoms with Crippen molar-refractivity contribution in [2.45, 2.75) is 13.1 Å². The van der Waals surface area contributed by atoms with Gasteiger partial charge >= 0.3 is 12.1 Å². The maximum atomic E-state index is 11.8. The zero-order valence-corrected chi connectivity index (χ0v) is 8.97. The van der Waals surface area contributed by atoms with E-state index >= 15 is 0 Å². The molecule has 94 valence electrons. The fraction of sp³-hybridized carbons (Fsp3) is 0.300. The summed E-state index contributed by atoms with van der Waals surface area (Å²) in [6.45, 7) is 2.31. The normalized spacial score (nSPS) is 10.8. The van der Waals surface area contributed by atoms with E-state index in [-0.39, 0.29) is 0 Å². The number of rotatable bonds is 4. The zero-order chi connectivity index (χ0) is 12.9. The highest BCUT2D eigenvalue weighted by Crippen LogP contribution is 2.16. The molecule has 0 bridgehead atoms. The van der Waals surface area contributed by atoms with Crippen molar-refractivity contribution in [2.24, 2.45) is 0 Å². The van der Waals surface area contributed by atoms with Crippen molar-refractivity contribution in [1.82, 2.24) is 5.43 Å². The summed E-state index contributed by atoms with van der Waals surface area (Å²) in [5.74, 6) is -1.45. The smallest absolute Gasteiger partial charge is 0.472 e. The van der Waals surface area contributed by atoms with Gasteiger partial charge in [0.25, 0.3) is 0 Å². The van der Waals surface area contributed by atoms with Crippen LogP contribution in [0.15, 0.2) is 24.3 Å². The minimum absolute atomic E-state index is 0.325. The van der Waals surface area contributed by atoms with E-state index in [0.717, 1.165) is 0 Å². The molecule has 0 spiro atoms. The van der Waals surface area contributed by atoms with Gasteiger partial charge in [0.1, 0.15) is 5.75 Å².